The summed E-state index contributed by atoms with van der Waals surface area (Å²) in [6.45, 7) is 8.47. The number of carbonyl (C=O) groups excluding carboxylic acids is 1. The minimum atomic E-state index is -3.55. The summed E-state index contributed by atoms with van der Waals surface area (Å²) in [5, 5.41) is 3.43. The predicted octanol–water partition coefficient (Wildman–Crippen LogP) is 2.59. The van der Waals surface area contributed by atoms with Crippen molar-refractivity contribution >= 4 is 27.5 Å². The molecule has 0 spiro atoms. The van der Waals surface area contributed by atoms with Crippen molar-refractivity contribution in [3.05, 3.63) is 29.3 Å². The van der Waals surface area contributed by atoms with Crippen LogP contribution in [0.2, 0.25) is 5.02 Å². The first kappa shape index (κ1) is 22.1. The van der Waals surface area contributed by atoms with Gasteiger partial charge in [-0.1, -0.05) is 31.5 Å². The minimum absolute atomic E-state index is 0.00240. The van der Waals surface area contributed by atoms with Crippen LogP contribution in [0.3, 0.4) is 0 Å². The Morgan fingerprint density at radius 3 is 2.41 bits per heavy atom. The number of hydrogen-bond acceptors (Lipinski definition) is 4. The summed E-state index contributed by atoms with van der Waals surface area (Å²) >= 11 is 5.92. The van der Waals surface area contributed by atoms with E-state index in [1.165, 1.54) is 10.4 Å². The van der Waals surface area contributed by atoms with Gasteiger partial charge in [0.05, 0.1) is 11.4 Å². The smallest absolute Gasteiger partial charge is 0.243 e. The van der Waals surface area contributed by atoms with Crippen LogP contribution in [0.25, 0.3) is 0 Å². The van der Waals surface area contributed by atoms with Gasteiger partial charge in [-0.15, -0.1) is 0 Å². The zero-order valence-electron chi connectivity index (χ0n) is 16.3. The number of carbonyl (C=O) groups is 1. The van der Waals surface area contributed by atoms with Crippen LogP contribution in [0.15, 0.2) is 29.2 Å². The molecule has 1 fully saturated rings. The number of nitrogens with one attached hydrogen (secondary N) is 1. The Balaban J connectivity index is 1.82. The van der Waals surface area contributed by atoms with Crippen molar-refractivity contribution in [1.29, 1.82) is 0 Å². The molecule has 1 aromatic carbocycles. The predicted molar refractivity (Wildman–Crippen MR) is 108 cm³/mol. The number of hydrogen-bond donors (Lipinski definition) is 1. The Kier molecular flexibility index (Phi) is 8.09. The van der Waals surface area contributed by atoms with Gasteiger partial charge in [0, 0.05) is 37.2 Å². The highest BCUT2D eigenvalue weighted by Crippen LogP contribution is 2.20. The summed E-state index contributed by atoms with van der Waals surface area (Å²) in [5.74, 6) is 0.622. The van der Waals surface area contributed by atoms with Gasteiger partial charge in [0.15, 0.2) is 0 Å². The first-order chi connectivity index (χ1) is 12.7. The fourth-order valence-corrected chi connectivity index (χ4v) is 4.81. The molecule has 27 heavy (non-hydrogen) atoms. The molecule has 1 aliphatic heterocycles. The normalized spacial score (nSPS) is 17.8. The van der Waals surface area contributed by atoms with E-state index in [1.54, 1.807) is 18.2 Å². The van der Waals surface area contributed by atoms with Crippen LogP contribution in [0.1, 0.15) is 33.6 Å². The van der Waals surface area contributed by atoms with E-state index >= 15 is 0 Å². The number of halogens is 1. The largest absolute Gasteiger partial charge is 0.353 e. The van der Waals surface area contributed by atoms with Crippen molar-refractivity contribution < 1.29 is 13.2 Å². The van der Waals surface area contributed by atoms with Gasteiger partial charge in [-0.3, -0.25) is 9.69 Å². The number of sulfonamides is 1. The number of rotatable bonds is 8. The topological polar surface area (TPSA) is 69.7 Å². The lowest BCUT2D eigenvalue weighted by molar-refractivity contribution is -0.123. The molecule has 0 bridgehead atoms. The molecule has 1 amide bonds. The van der Waals surface area contributed by atoms with Crippen LogP contribution in [-0.2, 0) is 14.8 Å². The Bertz CT molecular complexity index is 731. The maximum atomic E-state index is 12.7. The van der Waals surface area contributed by atoms with Gasteiger partial charge in [-0.25, -0.2) is 8.42 Å². The molecule has 1 saturated heterocycles. The molecule has 0 saturated carbocycles. The standard InChI is InChI=1S/C19H30ClN3O3S/c1-15(2)7-8-16(3)21-19(24)14-22-9-11-23(12-10-22)27(25,26)18-6-4-5-17(20)13-18/h4-6,13,15-16H,7-12,14H2,1-3H3,(H,21,24)/t16-/m1/s1. The highest BCUT2D eigenvalue weighted by Gasteiger charge is 2.29. The molecule has 6 nitrogen and oxygen atoms in total. The van der Waals surface area contributed by atoms with E-state index in [0.29, 0.717) is 43.7 Å². The lowest BCUT2D eigenvalue weighted by Crippen LogP contribution is -2.51. The van der Waals surface area contributed by atoms with Crippen molar-refractivity contribution in [2.75, 3.05) is 32.7 Å². The number of piperazine rings is 1. The minimum Gasteiger partial charge on any atom is -0.353 e. The maximum absolute atomic E-state index is 12.7. The highest BCUT2D eigenvalue weighted by atomic mass is 35.5. The second kappa shape index (κ2) is 9.87. The molecule has 0 radical (unpaired) electrons. The SMILES string of the molecule is CC(C)CC[C@@H](C)NC(=O)CN1CCN(S(=O)(=O)c2cccc(Cl)c2)CC1. The van der Waals surface area contributed by atoms with E-state index in [9.17, 15) is 13.2 Å². The van der Waals surface area contributed by atoms with Crippen LogP contribution in [0, 0.1) is 5.92 Å². The molecule has 1 atom stereocenters. The molecule has 1 aliphatic rings. The second-order valence-corrected chi connectivity index (χ2v) is 9.95. The van der Waals surface area contributed by atoms with Crippen molar-refractivity contribution in [1.82, 2.24) is 14.5 Å². The monoisotopic (exact) mass is 415 g/mol. The number of nitrogens with zero attached hydrogens (tertiary/aromatic N) is 2. The quantitative estimate of drug-likeness (QED) is 0.708. The number of amides is 1. The molecule has 0 aliphatic carbocycles. The molecular weight excluding hydrogens is 386 g/mol. The van der Waals surface area contributed by atoms with Crippen LogP contribution in [0.5, 0.6) is 0 Å². The first-order valence-electron chi connectivity index (χ1n) is 9.46. The molecule has 152 valence electrons. The number of benzene rings is 1. The zero-order chi connectivity index (χ0) is 20.0. The van der Waals surface area contributed by atoms with E-state index < -0.39 is 10.0 Å². The fraction of sp³-hybridized carbons (Fsp3) is 0.632. The third kappa shape index (κ3) is 6.75. The van der Waals surface area contributed by atoms with Crippen molar-refractivity contribution in [2.45, 2.75) is 44.6 Å². The third-order valence-corrected chi connectivity index (χ3v) is 6.85. The molecule has 2 rings (SSSR count). The van der Waals surface area contributed by atoms with Crippen LogP contribution in [0.4, 0.5) is 0 Å². The van der Waals surface area contributed by atoms with Gasteiger partial charge >= 0.3 is 0 Å². The molecular formula is C19H30ClN3O3S. The Labute approximate surface area is 167 Å². The summed E-state index contributed by atoms with van der Waals surface area (Å²) < 4.78 is 26.9. The summed E-state index contributed by atoms with van der Waals surface area (Å²) in [5.41, 5.74) is 0. The summed E-state index contributed by atoms with van der Waals surface area (Å²) in [6.07, 6.45) is 2.05. The molecule has 1 aromatic rings. The van der Waals surface area contributed by atoms with E-state index in [1.807, 2.05) is 11.8 Å². The lowest BCUT2D eigenvalue weighted by atomic mass is 10.0. The van der Waals surface area contributed by atoms with Crippen LogP contribution in [-0.4, -0.2) is 62.3 Å². The molecule has 0 aromatic heterocycles. The van der Waals surface area contributed by atoms with E-state index in [-0.39, 0.29) is 16.8 Å². The average molecular weight is 416 g/mol. The van der Waals surface area contributed by atoms with Crippen LogP contribution >= 0.6 is 11.6 Å². The van der Waals surface area contributed by atoms with E-state index in [0.717, 1.165) is 12.8 Å². The zero-order valence-corrected chi connectivity index (χ0v) is 17.9. The van der Waals surface area contributed by atoms with Gasteiger partial charge in [-0.2, -0.15) is 4.31 Å². The van der Waals surface area contributed by atoms with Crippen molar-refractivity contribution in [3.63, 3.8) is 0 Å². The lowest BCUT2D eigenvalue weighted by Gasteiger charge is -2.33. The van der Waals surface area contributed by atoms with E-state index in [2.05, 4.69) is 19.2 Å². The summed E-state index contributed by atoms with van der Waals surface area (Å²) in [7, 11) is -3.55. The average Bonchev–Trinajstić information content (AvgIpc) is 2.60. The molecule has 1 N–H and O–H groups in total. The van der Waals surface area contributed by atoms with Crippen molar-refractivity contribution in [3.8, 4) is 0 Å². The van der Waals surface area contributed by atoms with Gasteiger partial charge in [-0.05, 0) is 43.9 Å². The molecule has 1 heterocycles. The van der Waals surface area contributed by atoms with Gasteiger partial charge in [0.2, 0.25) is 15.9 Å². The maximum Gasteiger partial charge on any atom is 0.243 e. The van der Waals surface area contributed by atoms with Gasteiger partial charge in [0.1, 0.15) is 0 Å². The van der Waals surface area contributed by atoms with Crippen LogP contribution < -0.4 is 5.32 Å². The van der Waals surface area contributed by atoms with Gasteiger partial charge in [0.25, 0.3) is 0 Å². The molecule has 0 unspecified atom stereocenters. The van der Waals surface area contributed by atoms with Gasteiger partial charge < -0.3 is 5.32 Å². The summed E-state index contributed by atoms with van der Waals surface area (Å²) in [6, 6.07) is 6.47. The Hall–Kier alpha value is -1.15. The Morgan fingerprint density at radius 2 is 1.81 bits per heavy atom. The third-order valence-electron chi connectivity index (χ3n) is 4.72. The molecule has 8 heteroatoms. The fourth-order valence-electron chi connectivity index (χ4n) is 3.08. The van der Waals surface area contributed by atoms with Crippen molar-refractivity contribution in [2.24, 2.45) is 5.92 Å². The second-order valence-electron chi connectivity index (χ2n) is 7.58. The first-order valence-corrected chi connectivity index (χ1v) is 11.3. The Morgan fingerprint density at radius 1 is 1.15 bits per heavy atom. The highest BCUT2D eigenvalue weighted by molar-refractivity contribution is 7.89. The van der Waals surface area contributed by atoms with E-state index in [4.69, 9.17) is 11.6 Å². The summed E-state index contributed by atoms with van der Waals surface area (Å²) in [4.78, 5) is 14.4.